The molecule has 0 spiro atoms. The van der Waals surface area contributed by atoms with Crippen LogP contribution in [0.2, 0.25) is 0 Å². The predicted molar refractivity (Wildman–Crippen MR) is 87.9 cm³/mol. The van der Waals surface area contributed by atoms with Gasteiger partial charge in [-0.25, -0.2) is 9.37 Å². The van der Waals surface area contributed by atoms with Crippen LogP contribution >= 0.6 is 11.3 Å². The Morgan fingerprint density at radius 1 is 1.30 bits per heavy atom. The highest BCUT2D eigenvalue weighted by atomic mass is 32.1. The van der Waals surface area contributed by atoms with E-state index in [2.05, 4.69) is 15.2 Å². The van der Waals surface area contributed by atoms with Crippen LogP contribution in [0.15, 0.2) is 30.5 Å². The maximum atomic E-state index is 13.8. The van der Waals surface area contributed by atoms with Crippen LogP contribution in [-0.4, -0.2) is 41.5 Å². The van der Waals surface area contributed by atoms with Gasteiger partial charge in [-0.05, 0) is 44.0 Å². The molecular formula is C17H18FN3OS. The molecule has 120 valence electrons. The minimum absolute atomic E-state index is 0.0937. The highest BCUT2D eigenvalue weighted by Gasteiger charge is 2.35. The SMILES string of the molecule is O=C(NC1CN2CCC1CC2)c1cnc(-c2ccccc2F)s1. The highest BCUT2D eigenvalue weighted by Crippen LogP contribution is 2.29. The van der Waals surface area contributed by atoms with Crippen LogP contribution in [0.3, 0.4) is 0 Å². The smallest absolute Gasteiger partial charge is 0.263 e. The van der Waals surface area contributed by atoms with Crippen molar-refractivity contribution in [3.63, 3.8) is 0 Å². The van der Waals surface area contributed by atoms with Gasteiger partial charge in [-0.15, -0.1) is 11.3 Å². The second-order valence-electron chi connectivity index (χ2n) is 6.23. The number of rotatable bonds is 3. The molecule has 6 heteroatoms. The van der Waals surface area contributed by atoms with E-state index in [0.29, 0.717) is 21.4 Å². The van der Waals surface area contributed by atoms with E-state index in [1.54, 1.807) is 24.4 Å². The molecule has 3 fully saturated rings. The Labute approximate surface area is 138 Å². The molecule has 0 radical (unpaired) electrons. The van der Waals surface area contributed by atoms with E-state index < -0.39 is 0 Å². The van der Waals surface area contributed by atoms with Crippen molar-refractivity contribution in [3.05, 3.63) is 41.2 Å². The van der Waals surface area contributed by atoms with Gasteiger partial charge in [0.1, 0.15) is 15.7 Å². The second-order valence-corrected chi connectivity index (χ2v) is 7.26. The van der Waals surface area contributed by atoms with Crippen molar-refractivity contribution in [2.45, 2.75) is 18.9 Å². The lowest BCUT2D eigenvalue weighted by Gasteiger charge is -2.44. The number of aromatic nitrogens is 1. The van der Waals surface area contributed by atoms with Crippen LogP contribution in [0, 0.1) is 11.7 Å². The molecule has 0 aliphatic carbocycles. The number of carbonyl (C=O) groups is 1. The average molecular weight is 331 g/mol. The lowest BCUT2D eigenvalue weighted by molar-refractivity contribution is 0.0622. The summed E-state index contributed by atoms with van der Waals surface area (Å²) in [5, 5.41) is 3.69. The molecule has 5 rings (SSSR count). The van der Waals surface area contributed by atoms with E-state index in [-0.39, 0.29) is 17.8 Å². The maximum absolute atomic E-state index is 13.8. The van der Waals surface area contributed by atoms with Crippen LogP contribution in [-0.2, 0) is 0 Å². The summed E-state index contributed by atoms with van der Waals surface area (Å²) < 4.78 is 13.8. The van der Waals surface area contributed by atoms with E-state index in [9.17, 15) is 9.18 Å². The lowest BCUT2D eigenvalue weighted by atomic mass is 9.84. The van der Waals surface area contributed by atoms with Gasteiger partial charge in [0.05, 0.1) is 6.20 Å². The molecule has 1 atom stereocenters. The molecule has 4 heterocycles. The zero-order valence-electron chi connectivity index (χ0n) is 12.7. The maximum Gasteiger partial charge on any atom is 0.263 e. The summed E-state index contributed by atoms with van der Waals surface area (Å²) in [5.74, 6) is 0.179. The molecule has 23 heavy (non-hydrogen) atoms. The van der Waals surface area contributed by atoms with Gasteiger partial charge in [0.2, 0.25) is 0 Å². The predicted octanol–water partition coefficient (Wildman–Crippen LogP) is 2.77. The van der Waals surface area contributed by atoms with Crippen LogP contribution in [0.4, 0.5) is 4.39 Å². The molecule has 1 unspecified atom stereocenters. The fourth-order valence-electron chi connectivity index (χ4n) is 3.51. The molecule has 4 nitrogen and oxygen atoms in total. The second kappa shape index (κ2) is 6.02. The van der Waals surface area contributed by atoms with Crippen molar-refractivity contribution in [3.8, 4) is 10.6 Å². The molecule has 1 N–H and O–H groups in total. The molecule has 2 aromatic rings. The third-order valence-electron chi connectivity index (χ3n) is 4.81. The molecule has 0 saturated carbocycles. The van der Waals surface area contributed by atoms with E-state index in [1.165, 1.54) is 17.4 Å². The Balaban J connectivity index is 1.48. The summed E-state index contributed by atoms with van der Waals surface area (Å²) in [6.45, 7) is 3.24. The number of halogens is 1. The number of nitrogens with one attached hydrogen (secondary N) is 1. The quantitative estimate of drug-likeness (QED) is 0.941. The standard InChI is InChI=1S/C17H18FN3OS/c18-13-4-2-1-3-12(13)17-19-9-15(23-17)16(22)20-14-10-21-7-5-11(14)6-8-21/h1-4,9,11,14H,5-8,10H2,(H,20,22). The largest absolute Gasteiger partial charge is 0.347 e. The van der Waals surface area contributed by atoms with Crippen molar-refractivity contribution < 1.29 is 9.18 Å². The summed E-state index contributed by atoms with van der Waals surface area (Å²) in [4.78, 5) is 19.6. The van der Waals surface area contributed by atoms with Gasteiger partial charge >= 0.3 is 0 Å². The summed E-state index contributed by atoms with van der Waals surface area (Å²) >= 11 is 1.24. The third-order valence-corrected chi connectivity index (χ3v) is 5.84. The molecule has 2 bridgehead atoms. The number of carbonyl (C=O) groups excluding carboxylic acids is 1. The topological polar surface area (TPSA) is 45.2 Å². The number of amides is 1. The molecule has 3 aliphatic heterocycles. The first-order chi connectivity index (χ1) is 11.2. The van der Waals surface area contributed by atoms with Gasteiger partial charge in [0.15, 0.2) is 0 Å². The van der Waals surface area contributed by atoms with Crippen LogP contribution in [0.25, 0.3) is 10.6 Å². The zero-order valence-corrected chi connectivity index (χ0v) is 13.5. The van der Waals surface area contributed by atoms with Gasteiger partial charge < -0.3 is 10.2 Å². The van der Waals surface area contributed by atoms with Crippen molar-refractivity contribution in [2.75, 3.05) is 19.6 Å². The van der Waals surface area contributed by atoms with Gasteiger partial charge in [-0.2, -0.15) is 0 Å². The minimum Gasteiger partial charge on any atom is -0.347 e. The Kier molecular flexibility index (Phi) is 3.87. The number of fused-ring (bicyclic) bond motifs is 3. The molecule has 1 aromatic carbocycles. The zero-order chi connectivity index (χ0) is 15.8. The molecular weight excluding hydrogens is 313 g/mol. The fourth-order valence-corrected chi connectivity index (χ4v) is 4.35. The summed E-state index contributed by atoms with van der Waals surface area (Å²) in [6.07, 6.45) is 3.87. The molecule has 3 saturated heterocycles. The van der Waals surface area contributed by atoms with Gasteiger partial charge in [-0.3, -0.25) is 4.79 Å². The highest BCUT2D eigenvalue weighted by molar-refractivity contribution is 7.16. The summed E-state index contributed by atoms with van der Waals surface area (Å²) in [7, 11) is 0. The van der Waals surface area contributed by atoms with Crippen LogP contribution in [0.1, 0.15) is 22.5 Å². The number of thiazole rings is 1. The fraction of sp³-hybridized carbons (Fsp3) is 0.412. The Morgan fingerprint density at radius 2 is 2.09 bits per heavy atom. The van der Waals surface area contributed by atoms with Crippen molar-refractivity contribution in [1.82, 2.24) is 15.2 Å². The summed E-state index contributed by atoms with van der Waals surface area (Å²) in [5.41, 5.74) is 0.444. The van der Waals surface area contributed by atoms with E-state index in [4.69, 9.17) is 0 Å². The first-order valence-corrected chi connectivity index (χ1v) is 8.76. The van der Waals surface area contributed by atoms with Gasteiger partial charge in [0.25, 0.3) is 5.91 Å². The molecule has 3 aliphatic rings. The molecule has 1 amide bonds. The first kappa shape index (κ1) is 14.8. The summed E-state index contributed by atoms with van der Waals surface area (Å²) in [6, 6.07) is 6.73. The van der Waals surface area contributed by atoms with E-state index in [0.717, 1.165) is 32.5 Å². The van der Waals surface area contributed by atoms with Gasteiger partial charge in [0, 0.05) is 18.2 Å². The lowest BCUT2D eigenvalue weighted by Crippen LogP contribution is -2.57. The van der Waals surface area contributed by atoms with Crippen molar-refractivity contribution >= 4 is 17.2 Å². The van der Waals surface area contributed by atoms with Crippen LogP contribution < -0.4 is 5.32 Å². The normalized spacial score (nSPS) is 26.2. The van der Waals surface area contributed by atoms with Crippen molar-refractivity contribution in [2.24, 2.45) is 5.92 Å². The van der Waals surface area contributed by atoms with E-state index in [1.807, 2.05) is 0 Å². The van der Waals surface area contributed by atoms with Gasteiger partial charge in [-0.1, -0.05) is 12.1 Å². The first-order valence-electron chi connectivity index (χ1n) is 7.94. The Bertz CT molecular complexity index is 724. The number of hydrogen-bond acceptors (Lipinski definition) is 4. The third kappa shape index (κ3) is 2.88. The number of benzene rings is 1. The van der Waals surface area contributed by atoms with Crippen molar-refractivity contribution in [1.29, 1.82) is 0 Å². The minimum atomic E-state index is -0.314. The molecule has 1 aromatic heterocycles. The average Bonchev–Trinajstić information content (AvgIpc) is 3.06. The van der Waals surface area contributed by atoms with E-state index >= 15 is 0 Å². The number of piperidine rings is 3. The number of hydrogen-bond donors (Lipinski definition) is 1. The Morgan fingerprint density at radius 3 is 2.78 bits per heavy atom. The van der Waals surface area contributed by atoms with Crippen LogP contribution in [0.5, 0.6) is 0 Å². The monoisotopic (exact) mass is 331 g/mol. The Hall–Kier alpha value is -1.79. The number of nitrogens with zero attached hydrogens (tertiary/aromatic N) is 2.